The molecule has 0 saturated carbocycles. The predicted octanol–water partition coefficient (Wildman–Crippen LogP) is 3.69. The Balaban J connectivity index is 2.05. The molecule has 0 bridgehead atoms. The van der Waals surface area contributed by atoms with Crippen molar-refractivity contribution in [3.63, 3.8) is 0 Å². The molecule has 1 aromatic heterocycles. The van der Waals surface area contributed by atoms with Gasteiger partial charge in [-0.1, -0.05) is 32.0 Å². The standard InChI is InChI=1S/C16H25N3OS/c1-5-11(3)15(17-4)10-21-16-18-13-8-7-12(20-6-2)9-14(13)19-16/h7-9,11,15,17H,5-6,10H2,1-4H3,(H,18,19). The van der Waals surface area contributed by atoms with Gasteiger partial charge in [-0.2, -0.15) is 0 Å². The van der Waals surface area contributed by atoms with Crippen LogP contribution >= 0.6 is 11.8 Å². The normalized spacial score (nSPS) is 14.3. The number of nitrogens with zero attached hydrogens (tertiary/aromatic N) is 1. The molecular formula is C16H25N3OS. The van der Waals surface area contributed by atoms with Crippen LogP contribution < -0.4 is 10.1 Å². The Bertz CT molecular complexity index is 570. The van der Waals surface area contributed by atoms with Crippen LogP contribution in [0.3, 0.4) is 0 Å². The Morgan fingerprint density at radius 1 is 1.38 bits per heavy atom. The summed E-state index contributed by atoms with van der Waals surface area (Å²) >= 11 is 1.77. The van der Waals surface area contributed by atoms with Crippen LogP contribution in [-0.4, -0.2) is 35.4 Å². The van der Waals surface area contributed by atoms with Gasteiger partial charge in [0.05, 0.1) is 17.6 Å². The van der Waals surface area contributed by atoms with Crippen LogP contribution in [0.1, 0.15) is 27.2 Å². The minimum Gasteiger partial charge on any atom is -0.494 e. The molecule has 5 heteroatoms. The van der Waals surface area contributed by atoms with Crippen molar-refractivity contribution in [2.45, 2.75) is 38.4 Å². The zero-order valence-corrected chi connectivity index (χ0v) is 14.1. The maximum absolute atomic E-state index is 5.52. The SMILES string of the molecule is CCOc1ccc2nc(SCC(NC)C(C)CC)[nH]c2c1. The highest BCUT2D eigenvalue weighted by molar-refractivity contribution is 7.99. The quantitative estimate of drug-likeness (QED) is 0.730. The highest BCUT2D eigenvalue weighted by atomic mass is 32.2. The molecule has 0 amide bonds. The summed E-state index contributed by atoms with van der Waals surface area (Å²) in [5, 5.41) is 4.37. The molecule has 0 aliphatic heterocycles. The van der Waals surface area contributed by atoms with Gasteiger partial charge in [-0.15, -0.1) is 0 Å². The number of aromatic amines is 1. The first-order chi connectivity index (χ1) is 10.2. The molecule has 2 rings (SSSR count). The number of fused-ring (bicyclic) bond motifs is 1. The summed E-state index contributed by atoms with van der Waals surface area (Å²) in [6, 6.07) is 6.49. The molecule has 2 unspecified atom stereocenters. The highest BCUT2D eigenvalue weighted by Gasteiger charge is 2.15. The van der Waals surface area contributed by atoms with Crippen molar-refractivity contribution in [3.8, 4) is 5.75 Å². The van der Waals surface area contributed by atoms with E-state index in [4.69, 9.17) is 4.74 Å². The van der Waals surface area contributed by atoms with Crippen LogP contribution in [0.5, 0.6) is 5.75 Å². The third-order valence-electron chi connectivity index (χ3n) is 3.84. The summed E-state index contributed by atoms with van der Waals surface area (Å²) in [7, 11) is 2.03. The van der Waals surface area contributed by atoms with E-state index in [2.05, 4.69) is 29.1 Å². The fraction of sp³-hybridized carbons (Fsp3) is 0.562. The van der Waals surface area contributed by atoms with Gasteiger partial charge in [0.1, 0.15) is 5.75 Å². The first kappa shape index (κ1) is 16.2. The molecule has 2 atom stereocenters. The Morgan fingerprint density at radius 3 is 2.86 bits per heavy atom. The summed E-state index contributed by atoms with van der Waals surface area (Å²) in [6.07, 6.45) is 1.18. The third-order valence-corrected chi connectivity index (χ3v) is 4.84. The van der Waals surface area contributed by atoms with Gasteiger partial charge in [-0.25, -0.2) is 4.98 Å². The van der Waals surface area contributed by atoms with Crippen molar-refractivity contribution in [1.29, 1.82) is 0 Å². The number of rotatable bonds is 8. The van der Waals surface area contributed by atoms with E-state index in [0.29, 0.717) is 18.6 Å². The minimum atomic E-state index is 0.507. The average molecular weight is 307 g/mol. The lowest BCUT2D eigenvalue weighted by Gasteiger charge is -2.21. The Hall–Kier alpha value is -1.20. The number of benzene rings is 1. The molecule has 116 valence electrons. The predicted molar refractivity (Wildman–Crippen MR) is 90.3 cm³/mol. The van der Waals surface area contributed by atoms with Crippen LogP contribution in [0.25, 0.3) is 11.0 Å². The lowest BCUT2D eigenvalue weighted by molar-refractivity contribution is 0.340. The molecule has 0 aliphatic carbocycles. The largest absolute Gasteiger partial charge is 0.494 e. The molecule has 21 heavy (non-hydrogen) atoms. The van der Waals surface area contributed by atoms with Crippen molar-refractivity contribution >= 4 is 22.8 Å². The number of thioether (sulfide) groups is 1. The second kappa shape index (κ2) is 7.71. The first-order valence-corrected chi connectivity index (χ1v) is 8.59. The minimum absolute atomic E-state index is 0.507. The van der Waals surface area contributed by atoms with E-state index in [-0.39, 0.29) is 0 Å². The van der Waals surface area contributed by atoms with Gasteiger partial charge in [0.2, 0.25) is 0 Å². The Labute approximate surface area is 131 Å². The number of aromatic nitrogens is 2. The zero-order chi connectivity index (χ0) is 15.2. The maximum atomic E-state index is 5.52. The molecule has 1 aromatic carbocycles. The average Bonchev–Trinajstić information content (AvgIpc) is 2.90. The van der Waals surface area contributed by atoms with E-state index in [1.54, 1.807) is 11.8 Å². The van der Waals surface area contributed by atoms with Crippen LogP contribution in [-0.2, 0) is 0 Å². The fourth-order valence-electron chi connectivity index (χ4n) is 2.28. The number of ether oxygens (including phenoxy) is 1. The second-order valence-electron chi connectivity index (χ2n) is 5.25. The van der Waals surface area contributed by atoms with Crippen LogP contribution in [0.15, 0.2) is 23.4 Å². The van der Waals surface area contributed by atoms with Gasteiger partial charge >= 0.3 is 0 Å². The summed E-state index contributed by atoms with van der Waals surface area (Å²) in [5.74, 6) is 2.57. The van der Waals surface area contributed by atoms with Crippen molar-refractivity contribution < 1.29 is 4.74 Å². The smallest absolute Gasteiger partial charge is 0.166 e. The van der Waals surface area contributed by atoms with Gasteiger partial charge < -0.3 is 15.0 Å². The summed E-state index contributed by atoms with van der Waals surface area (Å²) in [5.41, 5.74) is 2.03. The summed E-state index contributed by atoms with van der Waals surface area (Å²) < 4.78 is 5.52. The monoisotopic (exact) mass is 307 g/mol. The van der Waals surface area contributed by atoms with E-state index >= 15 is 0 Å². The molecule has 2 aromatic rings. The summed E-state index contributed by atoms with van der Waals surface area (Å²) in [4.78, 5) is 8.00. The van der Waals surface area contributed by atoms with Gasteiger partial charge in [0.15, 0.2) is 5.16 Å². The number of hydrogen-bond acceptors (Lipinski definition) is 4. The fourth-order valence-corrected chi connectivity index (χ4v) is 3.45. The lowest BCUT2D eigenvalue weighted by atomic mass is 10.0. The third kappa shape index (κ3) is 4.14. The van der Waals surface area contributed by atoms with Crippen LogP contribution in [0, 0.1) is 5.92 Å². The lowest BCUT2D eigenvalue weighted by Crippen LogP contribution is -2.34. The molecule has 0 saturated heterocycles. The molecule has 0 fully saturated rings. The van der Waals surface area contributed by atoms with E-state index < -0.39 is 0 Å². The number of hydrogen-bond donors (Lipinski definition) is 2. The molecule has 0 aliphatic rings. The topological polar surface area (TPSA) is 49.9 Å². The molecular weight excluding hydrogens is 282 g/mol. The molecule has 1 heterocycles. The Morgan fingerprint density at radius 2 is 2.19 bits per heavy atom. The van der Waals surface area contributed by atoms with Crippen molar-refractivity contribution in [2.24, 2.45) is 5.92 Å². The van der Waals surface area contributed by atoms with Crippen LogP contribution in [0.4, 0.5) is 0 Å². The van der Waals surface area contributed by atoms with Gasteiger partial charge in [0, 0.05) is 17.9 Å². The number of imidazole rings is 1. The van der Waals surface area contributed by atoms with Crippen LogP contribution in [0.2, 0.25) is 0 Å². The van der Waals surface area contributed by atoms with Gasteiger partial charge in [0.25, 0.3) is 0 Å². The maximum Gasteiger partial charge on any atom is 0.166 e. The van der Waals surface area contributed by atoms with Gasteiger partial charge in [-0.05, 0) is 32.0 Å². The molecule has 0 radical (unpaired) electrons. The first-order valence-electron chi connectivity index (χ1n) is 7.60. The van der Waals surface area contributed by atoms with E-state index in [1.807, 2.05) is 32.2 Å². The molecule has 0 spiro atoms. The number of H-pyrrole nitrogens is 1. The van der Waals surface area contributed by atoms with Crippen molar-refractivity contribution in [2.75, 3.05) is 19.4 Å². The highest BCUT2D eigenvalue weighted by Crippen LogP contribution is 2.24. The molecule has 2 N–H and O–H groups in total. The van der Waals surface area contributed by atoms with E-state index in [1.165, 1.54) is 6.42 Å². The zero-order valence-electron chi connectivity index (χ0n) is 13.3. The summed E-state index contributed by atoms with van der Waals surface area (Å²) in [6.45, 7) is 7.19. The van der Waals surface area contributed by atoms with E-state index in [9.17, 15) is 0 Å². The molecule has 4 nitrogen and oxygen atoms in total. The van der Waals surface area contributed by atoms with Gasteiger partial charge in [-0.3, -0.25) is 0 Å². The van der Waals surface area contributed by atoms with Crippen molar-refractivity contribution in [3.05, 3.63) is 18.2 Å². The Kier molecular flexibility index (Phi) is 5.94. The van der Waals surface area contributed by atoms with E-state index in [0.717, 1.165) is 27.7 Å². The van der Waals surface area contributed by atoms with Crippen molar-refractivity contribution in [1.82, 2.24) is 15.3 Å². The number of nitrogens with one attached hydrogen (secondary N) is 2. The second-order valence-corrected chi connectivity index (χ2v) is 6.25.